The Morgan fingerprint density at radius 1 is 0.958 bits per heavy atom. The first-order chi connectivity index (χ1) is 11.6. The lowest BCUT2D eigenvalue weighted by Crippen LogP contribution is -1.95. The highest BCUT2D eigenvalue weighted by Crippen LogP contribution is 2.38. The molecule has 2 aromatic carbocycles. The van der Waals surface area contributed by atoms with Crippen LogP contribution in [0.1, 0.15) is 0 Å². The SMILES string of the molecule is [C-]#[N+]c1c(-c2ccc(OC)cc2)cc(-c2ccc(N)cc2)nc1N. The Morgan fingerprint density at radius 3 is 2.17 bits per heavy atom. The average molecular weight is 316 g/mol. The molecule has 3 aromatic rings. The molecule has 0 aliphatic heterocycles. The van der Waals surface area contributed by atoms with Crippen LogP contribution in [0.2, 0.25) is 0 Å². The summed E-state index contributed by atoms with van der Waals surface area (Å²) in [7, 11) is 1.61. The summed E-state index contributed by atoms with van der Waals surface area (Å²) >= 11 is 0. The Kier molecular flexibility index (Phi) is 4.04. The number of nitrogens with zero attached hydrogens (tertiary/aromatic N) is 2. The van der Waals surface area contributed by atoms with Crippen molar-refractivity contribution in [1.29, 1.82) is 0 Å². The van der Waals surface area contributed by atoms with Gasteiger partial charge in [0, 0.05) is 11.3 Å². The number of benzene rings is 2. The van der Waals surface area contributed by atoms with Gasteiger partial charge in [0.1, 0.15) is 11.6 Å². The summed E-state index contributed by atoms with van der Waals surface area (Å²) in [4.78, 5) is 7.91. The van der Waals surface area contributed by atoms with Crippen molar-refractivity contribution in [2.24, 2.45) is 0 Å². The number of ether oxygens (including phenoxy) is 1. The van der Waals surface area contributed by atoms with E-state index in [2.05, 4.69) is 9.83 Å². The predicted molar refractivity (Wildman–Crippen MR) is 96.7 cm³/mol. The van der Waals surface area contributed by atoms with E-state index in [-0.39, 0.29) is 5.82 Å². The van der Waals surface area contributed by atoms with E-state index in [1.807, 2.05) is 54.6 Å². The van der Waals surface area contributed by atoms with Crippen LogP contribution in [0.25, 0.3) is 27.2 Å². The molecule has 1 aromatic heterocycles. The maximum Gasteiger partial charge on any atom is 0.235 e. The molecular formula is C19H16N4O. The van der Waals surface area contributed by atoms with E-state index < -0.39 is 0 Å². The molecule has 5 heteroatoms. The third-order valence-corrected chi connectivity index (χ3v) is 3.74. The van der Waals surface area contributed by atoms with Crippen LogP contribution in [-0.4, -0.2) is 12.1 Å². The molecule has 0 aliphatic carbocycles. The highest BCUT2D eigenvalue weighted by atomic mass is 16.5. The molecule has 0 radical (unpaired) electrons. The highest BCUT2D eigenvalue weighted by molar-refractivity contribution is 5.88. The minimum atomic E-state index is 0.213. The van der Waals surface area contributed by atoms with Crippen LogP contribution < -0.4 is 16.2 Å². The van der Waals surface area contributed by atoms with Crippen LogP contribution in [0.3, 0.4) is 0 Å². The predicted octanol–water partition coefficient (Wildman–Crippen LogP) is 4.14. The van der Waals surface area contributed by atoms with Crippen LogP contribution in [0, 0.1) is 6.57 Å². The first-order valence-electron chi connectivity index (χ1n) is 7.30. The van der Waals surface area contributed by atoms with Crippen molar-refractivity contribution < 1.29 is 4.74 Å². The van der Waals surface area contributed by atoms with E-state index >= 15 is 0 Å². The summed E-state index contributed by atoms with van der Waals surface area (Å²) < 4.78 is 5.18. The van der Waals surface area contributed by atoms with E-state index in [0.717, 1.165) is 22.4 Å². The van der Waals surface area contributed by atoms with Crippen molar-refractivity contribution in [1.82, 2.24) is 4.98 Å². The van der Waals surface area contributed by atoms with E-state index in [9.17, 15) is 0 Å². The second kappa shape index (κ2) is 6.31. The zero-order chi connectivity index (χ0) is 17.1. The Labute approximate surface area is 140 Å². The van der Waals surface area contributed by atoms with Gasteiger partial charge >= 0.3 is 0 Å². The van der Waals surface area contributed by atoms with Crippen LogP contribution in [0.4, 0.5) is 17.2 Å². The van der Waals surface area contributed by atoms with Crippen LogP contribution in [0.5, 0.6) is 5.75 Å². The molecule has 0 atom stereocenters. The largest absolute Gasteiger partial charge is 0.497 e. The quantitative estimate of drug-likeness (QED) is 0.562. The molecule has 0 saturated heterocycles. The van der Waals surface area contributed by atoms with Crippen molar-refractivity contribution in [2.75, 3.05) is 18.6 Å². The smallest absolute Gasteiger partial charge is 0.235 e. The Balaban J connectivity index is 2.16. The first-order valence-corrected chi connectivity index (χ1v) is 7.30. The molecule has 0 aliphatic rings. The topological polar surface area (TPSA) is 78.5 Å². The van der Waals surface area contributed by atoms with E-state index in [1.165, 1.54) is 0 Å². The zero-order valence-corrected chi connectivity index (χ0v) is 13.2. The van der Waals surface area contributed by atoms with Crippen molar-refractivity contribution in [3.63, 3.8) is 0 Å². The van der Waals surface area contributed by atoms with Gasteiger partial charge in [-0.15, -0.1) is 0 Å². The summed E-state index contributed by atoms with van der Waals surface area (Å²) in [5, 5.41) is 0. The van der Waals surface area contributed by atoms with E-state index in [0.29, 0.717) is 17.1 Å². The number of anilines is 2. The minimum absolute atomic E-state index is 0.213. The summed E-state index contributed by atoms with van der Waals surface area (Å²) in [5.74, 6) is 0.967. The molecule has 118 valence electrons. The summed E-state index contributed by atoms with van der Waals surface area (Å²) in [6, 6.07) is 16.7. The highest BCUT2D eigenvalue weighted by Gasteiger charge is 2.13. The van der Waals surface area contributed by atoms with Crippen molar-refractivity contribution in [3.05, 3.63) is 66.0 Å². The van der Waals surface area contributed by atoms with Crippen molar-refractivity contribution in [2.45, 2.75) is 0 Å². The first kappa shape index (κ1) is 15.4. The van der Waals surface area contributed by atoms with Crippen LogP contribution >= 0.6 is 0 Å². The van der Waals surface area contributed by atoms with Gasteiger partial charge in [0.15, 0.2) is 0 Å². The van der Waals surface area contributed by atoms with Crippen molar-refractivity contribution in [3.8, 4) is 28.1 Å². The van der Waals surface area contributed by atoms with Gasteiger partial charge in [-0.05, 0) is 41.5 Å². The Morgan fingerprint density at radius 2 is 1.58 bits per heavy atom. The van der Waals surface area contributed by atoms with E-state index in [1.54, 1.807) is 7.11 Å². The third kappa shape index (κ3) is 2.85. The number of rotatable bonds is 3. The van der Waals surface area contributed by atoms with Crippen LogP contribution in [0.15, 0.2) is 54.6 Å². The van der Waals surface area contributed by atoms with Crippen molar-refractivity contribution >= 4 is 17.2 Å². The third-order valence-electron chi connectivity index (χ3n) is 3.74. The average Bonchev–Trinajstić information content (AvgIpc) is 2.61. The number of hydrogen-bond acceptors (Lipinski definition) is 4. The fraction of sp³-hybridized carbons (Fsp3) is 0.0526. The normalized spacial score (nSPS) is 10.2. The van der Waals surface area contributed by atoms with Gasteiger partial charge in [0.2, 0.25) is 5.69 Å². The van der Waals surface area contributed by atoms with Gasteiger partial charge in [0.25, 0.3) is 0 Å². The lowest BCUT2D eigenvalue weighted by Gasteiger charge is -2.11. The van der Waals surface area contributed by atoms with Crippen LogP contribution in [-0.2, 0) is 0 Å². The maximum atomic E-state index is 7.42. The van der Waals surface area contributed by atoms with Gasteiger partial charge in [-0.2, -0.15) is 0 Å². The number of nitrogen functional groups attached to an aromatic ring is 2. The standard InChI is InChI=1S/C19H16N4O/c1-22-18-16(12-5-9-15(24-2)10-6-12)11-17(23-19(18)21)13-3-7-14(20)8-4-13/h3-11H,20H2,2H3,(H2,21,23). The monoisotopic (exact) mass is 316 g/mol. The molecular weight excluding hydrogens is 300 g/mol. The molecule has 0 spiro atoms. The van der Waals surface area contributed by atoms with Gasteiger partial charge in [0.05, 0.1) is 19.4 Å². The molecule has 0 amide bonds. The number of aromatic nitrogens is 1. The fourth-order valence-corrected chi connectivity index (χ4v) is 2.47. The maximum absolute atomic E-state index is 7.42. The summed E-state index contributed by atoms with van der Waals surface area (Å²) in [6.45, 7) is 7.42. The second-order valence-electron chi connectivity index (χ2n) is 5.25. The number of methoxy groups -OCH3 is 1. The zero-order valence-electron chi connectivity index (χ0n) is 13.2. The molecule has 1 heterocycles. The molecule has 0 saturated carbocycles. The molecule has 4 N–H and O–H groups in total. The van der Waals surface area contributed by atoms with Gasteiger partial charge < -0.3 is 16.2 Å². The van der Waals surface area contributed by atoms with E-state index in [4.69, 9.17) is 22.8 Å². The number of pyridine rings is 1. The van der Waals surface area contributed by atoms with Gasteiger partial charge in [-0.3, -0.25) is 0 Å². The second-order valence-corrected chi connectivity index (χ2v) is 5.25. The molecule has 0 fully saturated rings. The molecule has 0 bridgehead atoms. The van der Waals surface area contributed by atoms with Gasteiger partial charge in [-0.25, -0.2) is 9.83 Å². The lowest BCUT2D eigenvalue weighted by molar-refractivity contribution is 0.415. The Bertz CT molecular complexity index is 910. The summed E-state index contributed by atoms with van der Waals surface area (Å²) in [6.07, 6.45) is 0. The molecule has 0 unspecified atom stereocenters. The summed E-state index contributed by atoms with van der Waals surface area (Å²) in [5.41, 5.74) is 16.0. The minimum Gasteiger partial charge on any atom is -0.497 e. The number of nitrogens with two attached hydrogens (primary N) is 2. The van der Waals surface area contributed by atoms with Gasteiger partial charge in [-0.1, -0.05) is 24.3 Å². The molecule has 24 heavy (non-hydrogen) atoms. The Hall–Kier alpha value is -3.52. The lowest BCUT2D eigenvalue weighted by atomic mass is 10.0. The molecule has 5 nitrogen and oxygen atoms in total. The molecule has 3 rings (SSSR count). The number of hydrogen-bond donors (Lipinski definition) is 2. The fourth-order valence-electron chi connectivity index (χ4n) is 2.47.